The Hall–Kier alpha value is -2.05. The van der Waals surface area contributed by atoms with Crippen molar-refractivity contribution in [3.63, 3.8) is 0 Å². The van der Waals surface area contributed by atoms with Crippen LogP contribution in [0.4, 0.5) is 0 Å². The van der Waals surface area contributed by atoms with E-state index in [4.69, 9.17) is 4.74 Å². The lowest BCUT2D eigenvalue weighted by molar-refractivity contribution is 0.0998. The summed E-state index contributed by atoms with van der Waals surface area (Å²) in [4.78, 5) is 18.5. The van der Waals surface area contributed by atoms with Crippen LogP contribution in [0.5, 0.6) is 5.75 Å². The summed E-state index contributed by atoms with van der Waals surface area (Å²) in [5, 5.41) is 0. The molecular weight excluding hydrogens is 340 g/mol. The molecule has 1 aromatic heterocycles. The number of para-hydroxylation sites is 1. The molecule has 0 unspecified atom stereocenters. The van der Waals surface area contributed by atoms with Crippen LogP contribution in [0.1, 0.15) is 17.3 Å². The number of aryl methyl sites for hydroxylation is 1. The lowest BCUT2D eigenvalue weighted by Gasteiger charge is -2.05. The average molecular weight is 358 g/mol. The number of benzene rings is 2. The molecule has 3 aromatic rings. The number of amides is 1. The molecule has 2 aromatic carbocycles. The normalized spacial score (nSPS) is 11.9. The van der Waals surface area contributed by atoms with E-state index in [1.165, 1.54) is 11.3 Å². The van der Waals surface area contributed by atoms with E-state index in [1.54, 1.807) is 11.8 Å². The van der Waals surface area contributed by atoms with Crippen molar-refractivity contribution in [1.29, 1.82) is 0 Å². The van der Waals surface area contributed by atoms with Crippen LogP contribution in [0, 0.1) is 0 Å². The molecular formula is C18H18N2O2S2. The Morgan fingerprint density at radius 3 is 2.67 bits per heavy atom. The number of carbonyl (C=O) groups is 1. The van der Waals surface area contributed by atoms with Gasteiger partial charge in [0.1, 0.15) is 11.3 Å². The van der Waals surface area contributed by atoms with Gasteiger partial charge in [-0.05, 0) is 49.6 Å². The third-order valence-electron chi connectivity index (χ3n) is 3.62. The topological polar surface area (TPSA) is 43.6 Å². The monoisotopic (exact) mass is 358 g/mol. The molecule has 124 valence electrons. The fourth-order valence-electron chi connectivity index (χ4n) is 2.43. The van der Waals surface area contributed by atoms with Crippen molar-refractivity contribution in [3.05, 3.63) is 52.8 Å². The van der Waals surface area contributed by atoms with Gasteiger partial charge in [-0.15, -0.1) is 11.8 Å². The number of nitrogens with zero attached hydrogens (tertiary/aromatic N) is 2. The minimum Gasteiger partial charge on any atom is -0.492 e. The molecule has 0 N–H and O–H groups in total. The molecule has 4 nitrogen and oxygen atoms in total. The van der Waals surface area contributed by atoms with Gasteiger partial charge in [-0.3, -0.25) is 4.79 Å². The number of thiazole rings is 1. The maximum atomic E-state index is 12.4. The van der Waals surface area contributed by atoms with Crippen LogP contribution in [0.3, 0.4) is 0 Å². The highest BCUT2D eigenvalue weighted by Gasteiger charge is 2.10. The summed E-state index contributed by atoms with van der Waals surface area (Å²) in [6.07, 6.45) is 2.01. The maximum Gasteiger partial charge on any atom is 0.279 e. The van der Waals surface area contributed by atoms with Crippen molar-refractivity contribution in [2.24, 2.45) is 12.0 Å². The largest absolute Gasteiger partial charge is 0.492 e. The summed E-state index contributed by atoms with van der Waals surface area (Å²) in [6, 6.07) is 13.4. The second kappa shape index (κ2) is 7.23. The molecule has 0 aliphatic carbocycles. The van der Waals surface area contributed by atoms with Gasteiger partial charge in [0.15, 0.2) is 4.80 Å². The summed E-state index contributed by atoms with van der Waals surface area (Å²) in [6.45, 7) is 2.56. The fourth-order valence-corrected chi connectivity index (χ4v) is 3.87. The molecule has 0 saturated heterocycles. The SMILES string of the molecule is CCOc1cccc2sc(=NC(=O)c3ccc(SC)cc3)n(C)c12. The Morgan fingerprint density at radius 1 is 1.25 bits per heavy atom. The Bertz CT molecular complexity index is 940. The van der Waals surface area contributed by atoms with Gasteiger partial charge >= 0.3 is 0 Å². The van der Waals surface area contributed by atoms with Crippen LogP contribution in [0.25, 0.3) is 10.2 Å². The lowest BCUT2D eigenvalue weighted by atomic mass is 10.2. The minimum atomic E-state index is -0.234. The predicted molar refractivity (Wildman–Crippen MR) is 100 cm³/mol. The van der Waals surface area contributed by atoms with E-state index in [1.807, 2.05) is 67.3 Å². The zero-order chi connectivity index (χ0) is 17.1. The number of hydrogen-bond donors (Lipinski definition) is 0. The van der Waals surface area contributed by atoms with Gasteiger partial charge in [0.05, 0.1) is 11.3 Å². The molecule has 0 spiro atoms. The standard InChI is InChI=1S/C18H18N2O2S2/c1-4-22-14-6-5-7-15-16(14)20(2)18(24-15)19-17(21)12-8-10-13(23-3)11-9-12/h5-11H,4H2,1-3H3. The van der Waals surface area contributed by atoms with Crippen molar-refractivity contribution in [2.75, 3.05) is 12.9 Å². The summed E-state index contributed by atoms with van der Waals surface area (Å²) in [5.41, 5.74) is 1.56. The fraction of sp³-hybridized carbons (Fsp3) is 0.222. The summed E-state index contributed by atoms with van der Waals surface area (Å²) in [7, 11) is 1.91. The van der Waals surface area contributed by atoms with E-state index < -0.39 is 0 Å². The third-order valence-corrected chi connectivity index (χ3v) is 5.46. The first kappa shape index (κ1) is 16.8. The Kier molecular flexibility index (Phi) is 5.06. The van der Waals surface area contributed by atoms with E-state index in [-0.39, 0.29) is 5.91 Å². The quantitative estimate of drug-likeness (QED) is 0.660. The molecule has 6 heteroatoms. The van der Waals surface area contributed by atoms with Crippen molar-refractivity contribution < 1.29 is 9.53 Å². The first-order valence-corrected chi connectivity index (χ1v) is 9.62. The molecule has 24 heavy (non-hydrogen) atoms. The van der Waals surface area contributed by atoms with Crippen molar-refractivity contribution in [3.8, 4) is 5.75 Å². The van der Waals surface area contributed by atoms with E-state index in [0.29, 0.717) is 17.0 Å². The lowest BCUT2D eigenvalue weighted by Crippen LogP contribution is -2.13. The van der Waals surface area contributed by atoms with Crippen LogP contribution in [0.15, 0.2) is 52.4 Å². The Balaban J connectivity index is 2.04. The van der Waals surface area contributed by atoms with Gasteiger partial charge in [-0.1, -0.05) is 17.4 Å². The van der Waals surface area contributed by atoms with Gasteiger partial charge in [-0.25, -0.2) is 0 Å². The number of hydrogen-bond acceptors (Lipinski definition) is 4. The highest BCUT2D eigenvalue weighted by Crippen LogP contribution is 2.26. The summed E-state index contributed by atoms with van der Waals surface area (Å²) < 4.78 is 8.65. The van der Waals surface area contributed by atoms with Crippen LogP contribution >= 0.6 is 23.1 Å². The van der Waals surface area contributed by atoms with Crippen LogP contribution in [-0.2, 0) is 7.05 Å². The van der Waals surface area contributed by atoms with Gasteiger partial charge in [0.25, 0.3) is 5.91 Å². The van der Waals surface area contributed by atoms with E-state index in [0.717, 1.165) is 20.9 Å². The van der Waals surface area contributed by atoms with Crippen molar-refractivity contribution in [2.45, 2.75) is 11.8 Å². The second-order valence-corrected chi connectivity index (χ2v) is 7.01. The number of ether oxygens (including phenoxy) is 1. The molecule has 0 saturated carbocycles. The Labute approximate surface area is 148 Å². The first-order valence-electron chi connectivity index (χ1n) is 7.58. The Morgan fingerprint density at radius 2 is 2.00 bits per heavy atom. The zero-order valence-corrected chi connectivity index (χ0v) is 15.4. The van der Waals surface area contributed by atoms with Gasteiger partial charge < -0.3 is 9.30 Å². The van der Waals surface area contributed by atoms with Gasteiger partial charge in [0, 0.05) is 17.5 Å². The zero-order valence-electron chi connectivity index (χ0n) is 13.8. The molecule has 0 aliphatic rings. The van der Waals surface area contributed by atoms with Crippen LogP contribution in [-0.4, -0.2) is 23.3 Å². The number of rotatable bonds is 4. The van der Waals surface area contributed by atoms with Crippen molar-refractivity contribution >= 4 is 39.2 Å². The molecule has 0 radical (unpaired) electrons. The highest BCUT2D eigenvalue weighted by atomic mass is 32.2. The van der Waals surface area contributed by atoms with Gasteiger partial charge in [0.2, 0.25) is 0 Å². The van der Waals surface area contributed by atoms with E-state index >= 15 is 0 Å². The number of carbonyl (C=O) groups excluding carboxylic acids is 1. The van der Waals surface area contributed by atoms with Crippen LogP contribution in [0.2, 0.25) is 0 Å². The highest BCUT2D eigenvalue weighted by molar-refractivity contribution is 7.98. The van der Waals surface area contributed by atoms with Gasteiger partial charge in [-0.2, -0.15) is 4.99 Å². The molecule has 0 fully saturated rings. The van der Waals surface area contributed by atoms with E-state index in [2.05, 4.69) is 4.99 Å². The molecule has 0 bridgehead atoms. The smallest absolute Gasteiger partial charge is 0.279 e. The first-order chi connectivity index (χ1) is 11.6. The molecule has 3 rings (SSSR count). The minimum absolute atomic E-state index is 0.234. The van der Waals surface area contributed by atoms with Crippen LogP contribution < -0.4 is 9.54 Å². The van der Waals surface area contributed by atoms with Crippen molar-refractivity contribution in [1.82, 2.24) is 4.57 Å². The third kappa shape index (κ3) is 3.25. The molecule has 1 amide bonds. The second-order valence-electron chi connectivity index (χ2n) is 5.13. The molecule has 0 atom stereocenters. The predicted octanol–water partition coefficient (Wildman–Crippen LogP) is 4.10. The van der Waals surface area contributed by atoms with E-state index in [9.17, 15) is 4.79 Å². The maximum absolute atomic E-state index is 12.4. The average Bonchev–Trinajstić information content (AvgIpc) is 2.92. The number of fused-ring (bicyclic) bond motifs is 1. The summed E-state index contributed by atoms with van der Waals surface area (Å²) in [5.74, 6) is 0.578. The number of aromatic nitrogens is 1. The number of thioether (sulfide) groups is 1. The molecule has 1 heterocycles. The molecule has 0 aliphatic heterocycles. The summed E-state index contributed by atoms with van der Waals surface area (Å²) >= 11 is 3.13.